The van der Waals surface area contributed by atoms with E-state index in [4.69, 9.17) is 4.74 Å². The van der Waals surface area contributed by atoms with Gasteiger partial charge in [-0.3, -0.25) is 14.0 Å². The van der Waals surface area contributed by atoms with Crippen LogP contribution in [0.3, 0.4) is 0 Å². The van der Waals surface area contributed by atoms with Crippen molar-refractivity contribution in [2.45, 2.75) is 13.8 Å². The van der Waals surface area contributed by atoms with E-state index in [1.807, 2.05) is 44.2 Å². The summed E-state index contributed by atoms with van der Waals surface area (Å²) in [6, 6.07) is 11.3. The molecule has 1 N–H and O–H groups in total. The van der Waals surface area contributed by atoms with E-state index < -0.39 is 0 Å². The van der Waals surface area contributed by atoms with Gasteiger partial charge in [0.2, 0.25) is 5.82 Å². The summed E-state index contributed by atoms with van der Waals surface area (Å²) in [4.78, 5) is 32.1. The van der Waals surface area contributed by atoms with Crippen LogP contribution in [0, 0.1) is 13.8 Å². The molecular weight excluding hydrogens is 356 g/mol. The van der Waals surface area contributed by atoms with Crippen LogP contribution in [0.2, 0.25) is 0 Å². The summed E-state index contributed by atoms with van der Waals surface area (Å²) >= 11 is 0. The Bertz CT molecular complexity index is 1030. The third-order valence-corrected chi connectivity index (χ3v) is 4.97. The number of morpholine rings is 1. The normalized spacial score (nSPS) is 14.3. The van der Waals surface area contributed by atoms with Crippen molar-refractivity contribution in [3.05, 3.63) is 65.2 Å². The second kappa shape index (κ2) is 7.44. The number of fused-ring (bicyclic) bond motifs is 1. The number of aryl methyl sites for hydroxylation is 2. The number of aromatic nitrogens is 2. The molecule has 0 aliphatic carbocycles. The van der Waals surface area contributed by atoms with E-state index in [2.05, 4.69) is 10.3 Å². The SMILES string of the molecule is Cc1cccc(C)c1NC(=O)c1nc(C(=O)N2CCOCC2)c2ccccn12. The number of pyridine rings is 1. The average Bonchev–Trinajstić information content (AvgIpc) is 3.11. The Morgan fingerprint density at radius 3 is 2.46 bits per heavy atom. The number of nitrogens with zero attached hydrogens (tertiary/aromatic N) is 3. The van der Waals surface area contributed by atoms with Gasteiger partial charge < -0.3 is 15.0 Å². The molecule has 144 valence electrons. The molecule has 0 radical (unpaired) electrons. The average molecular weight is 378 g/mol. The first-order valence-corrected chi connectivity index (χ1v) is 9.28. The van der Waals surface area contributed by atoms with Crippen LogP contribution in [-0.2, 0) is 4.74 Å². The number of rotatable bonds is 3. The van der Waals surface area contributed by atoms with Gasteiger partial charge in [0, 0.05) is 25.0 Å². The highest BCUT2D eigenvalue weighted by atomic mass is 16.5. The summed E-state index contributed by atoms with van der Waals surface area (Å²) in [5, 5.41) is 2.95. The lowest BCUT2D eigenvalue weighted by atomic mass is 10.1. The monoisotopic (exact) mass is 378 g/mol. The fourth-order valence-electron chi connectivity index (χ4n) is 3.45. The van der Waals surface area contributed by atoms with Gasteiger partial charge >= 0.3 is 0 Å². The molecule has 0 spiro atoms. The van der Waals surface area contributed by atoms with Crippen molar-refractivity contribution in [2.75, 3.05) is 31.6 Å². The van der Waals surface area contributed by atoms with Gasteiger partial charge in [-0.2, -0.15) is 0 Å². The Balaban J connectivity index is 1.71. The van der Waals surface area contributed by atoms with Gasteiger partial charge in [-0.15, -0.1) is 0 Å². The van der Waals surface area contributed by atoms with Gasteiger partial charge in [0.1, 0.15) is 0 Å². The Labute approximate surface area is 162 Å². The molecule has 1 aromatic carbocycles. The van der Waals surface area contributed by atoms with Gasteiger partial charge in [-0.25, -0.2) is 4.98 Å². The molecule has 2 amide bonds. The summed E-state index contributed by atoms with van der Waals surface area (Å²) in [6.07, 6.45) is 1.75. The Kier molecular flexibility index (Phi) is 4.83. The number of nitrogens with one attached hydrogen (secondary N) is 1. The van der Waals surface area contributed by atoms with Gasteiger partial charge in [-0.1, -0.05) is 24.3 Å². The van der Waals surface area contributed by atoms with Crippen LogP contribution in [0.15, 0.2) is 42.6 Å². The molecule has 4 rings (SSSR count). The van der Waals surface area contributed by atoms with Crippen molar-refractivity contribution in [2.24, 2.45) is 0 Å². The maximum absolute atomic E-state index is 13.0. The molecule has 0 saturated carbocycles. The lowest BCUT2D eigenvalue weighted by molar-refractivity contribution is 0.0300. The van der Waals surface area contributed by atoms with Crippen LogP contribution < -0.4 is 5.32 Å². The zero-order valence-corrected chi connectivity index (χ0v) is 15.9. The third kappa shape index (κ3) is 3.25. The minimum absolute atomic E-state index is 0.182. The van der Waals surface area contributed by atoms with E-state index in [1.54, 1.807) is 21.6 Å². The molecular formula is C21H22N4O3. The van der Waals surface area contributed by atoms with Crippen LogP contribution in [0.5, 0.6) is 0 Å². The van der Waals surface area contributed by atoms with Crippen LogP contribution in [0.1, 0.15) is 32.2 Å². The van der Waals surface area contributed by atoms with Crippen molar-refractivity contribution < 1.29 is 14.3 Å². The number of anilines is 1. The van der Waals surface area contributed by atoms with E-state index in [1.165, 1.54) is 0 Å². The Morgan fingerprint density at radius 1 is 1.04 bits per heavy atom. The molecule has 0 unspecified atom stereocenters. The number of carbonyl (C=O) groups excluding carboxylic acids is 2. The quantitative estimate of drug-likeness (QED) is 0.760. The second-order valence-electron chi connectivity index (χ2n) is 6.87. The van der Waals surface area contributed by atoms with Gasteiger partial charge in [0.05, 0.1) is 18.7 Å². The number of carbonyl (C=O) groups is 2. The predicted molar refractivity (Wildman–Crippen MR) is 106 cm³/mol. The van der Waals surface area contributed by atoms with E-state index in [9.17, 15) is 9.59 Å². The molecule has 1 aliphatic rings. The summed E-state index contributed by atoms with van der Waals surface area (Å²) in [6.45, 7) is 5.96. The van der Waals surface area contributed by atoms with E-state index in [0.29, 0.717) is 31.8 Å². The molecule has 7 heteroatoms. The highest BCUT2D eigenvalue weighted by molar-refractivity contribution is 6.06. The topological polar surface area (TPSA) is 75.9 Å². The number of amides is 2. The number of benzene rings is 1. The molecule has 3 aromatic rings. The number of ether oxygens (including phenoxy) is 1. The van der Waals surface area contributed by atoms with Crippen molar-refractivity contribution in [1.29, 1.82) is 0 Å². The number of para-hydroxylation sites is 1. The standard InChI is InChI=1S/C21H22N4O3/c1-14-6-5-7-15(2)17(14)23-20(26)19-22-18(16-8-3-4-9-25(16)19)21(27)24-10-12-28-13-11-24/h3-9H,10-13H2,1-2H3,(H,23,26). The first kappa shape index (κ1) is 18.2. The highest BCUT2D eigenvalue weighted by Crippen LogP contribution is 2.22. The molecule has 3 heterocycles. The molecule has 7 nitrogen and oxygen atoms in total. The zero-order chi connectivity index (χ0) is 19.7. The number of hydrogen-bond acceptors (Lipinski definition) is 4. The maximum Gasteiger partial charge on any atom is 0.292 e. The minimum atomic E-state index is -0.348. The van der Waals surface area contributed by atoms with Crippen molar-refractivity contribution in [3.8, 4) is 0 Å². The Hall–Kier alpha value is -3.19. The van der Waals surface area contributed by atoms with E-state index in [-0.39, 0.29) is 23.3 Å². The van der Waals surface area contributed by atoms with E-state index >= 15 is 0 Å². The van der Waals surface area contributed by atoms with Crippen LogP contribution in [0.4, 0.5) is 5.69 Å². The van der Waals surface area contributed by atoms with Crippen molar-refractivity contribution in [3.63, 3.8) is 0 Å². The minimum Gasteiger partial charge on any atom is -0.378 e. The summed E-state index contributed by atoms with van der Waals surface area (Å²) < 4.78 is 6.99. The molecule has 0 atom stereocenters. The first-order valence-electron chi connectivity index (χ1n) is 9.28. The van der Waals surface area contributed by atoms with Crippen LogP contribution >= 0.6 is 0 Å². The largest absolute Gasteiger partial charge is 0.378 e. The first-order chi connectivity index (χ1) is 13.6. The predicted octanol–water partition coefficient (Wildman–Crippen LogP) is 2.68. The fraction of sp³-hybridized carbons (Fsp3) is 0.286. The fourth-order valence-corrected chi connectivity index (χ4v) is 3.45. The number of hydrogen-bond donors (Lipinski definition) is 1. The summed E-state index contributed by atoms with van der Waals surface area (Å²) in [5.41, 5.74) is 3.61. The van der Waals surface area contributed by atoms with Crippen molar-refractivity contribution in [1.82, 2.24) is 14.3 Å². The van der Waals surface area contributed by atoms with Crippen LogP contribution in [0.25, 0.3) is 5.52 Å². The molecule has 1 aliphatic heterocycles. The smallest absolute Gasteiger partial charge is 0.292 e. The van der Waals surface area contributed by atoms with Gasteiger partial charge in [0.15, 0.2) is 5.69 Å². The van der Waals surface area contributed by atoms with Crippen LogP contribution in [-0.4, -0.2) is 52.4 Å². The lowest BCUT2D eigenvalue weighted by Gasteiger charge is -2.26. The third-order valence-electron chi connectivity index (χ3n) is 4.97. The molecule has 0 bridgehead atoms. The second-order valence-corrected chi connectivity index (χ2v) is 6.87. The van der Waals surface area contributed by atoms with E-state index in [0.717, 1.165) is 16.8 Å². The zero-order valence-electron chi connectivity index (χ0n) is 15.9. The highest BCUT2D eigenvalue weighted by Gasteiger charge is 2.26. The summed E-state index contributed by atoms with van der Waals surface area (Å²) in [5.74, 6) is -0.340. The van der Waals surface area contributed by atoms with Crippen molar-refractivity contribution >= 4 is 23.0 Å². The number of imidazole rings is 1. The molecule has 2 aromatic heterocycles. The van der Waals surface area contributed by atoms with Gasteiger partial charge in [0.25, 0.3) is 11.8 Å². The maximum atomic E-state index is 13.0. The van der Waals surface area contributed by atoms with Gasteiger partial charge in [-0.05, 0) is 37.1 Å². The molecule has 28 heavy (non-hydrogen) atoms. The lowest BCUT2D eigenvalue weighted by Crippen LogP contribution is -2.40. The Morgan fingerprint density at radius 2 is 1.75 bits per heavy atom. The summed E-state index contributed by atoms with van der Waals surface area (Å²) in [7, 11) is 0. The molecule has 1 fully saturated rings. The molecule has 1 saturated heterocycles.